The number of allylic oxidation sites excluding steroid dienone is 1. The second-order valence-electron chi connectivity index (χ2n) is 3.71. The minimum absolute atomic E-state index is 0.266. The molecule has 0 aliphatic heterocycles. The molecule has 1 rings (SSSR count). The zero-order chi connectivity index (χ0) is 16.0. The van der Waals surface area contributed by atoms with E-state index < -0.39 is 28.7 Å². The Kier molecular flexibility index (Phi) is 5.47. The van der Waals surface area contributed by atoms with Crippen molar-refractivity contribution in [2.24, 2.45) is 0 Å². The van der Waals surface area contributed by atoms with Gasteiger partial charge in [0.1, 0.15) is 0 Å². The molecule has 1 aromatic carbocycles. The molecule has 0 saturated carbocycles. The topological polar surface area (TPSA) is 105 Å². The number of carbonyl (C=O) groups is 1. The molecule has 0 aliphatic carbocycles. The van der Waals surface area contributed by atoms with Gasteiger partial charge in [-0.15, -0.1) is 0 Å². The van der Waals surface area contributed by atoms with Crippen LogP contribution in [0, 0.1) is 15.5 Å². The molecule has 0 amide bonds. The predicted octanol–water partition coefficient (Wildman–Crippen LogP) is 2.29. The van der Waals surface area contributed by atoms with Crippen molar-refractivity contribution in [1.82, 2.24) is 0 Å². The Labute approximate surface area is 117 Å². The Balaban J connectivity index is 2.89. The molecule has 0 atom stereocenters. The average Bonchev–Trinajstić information content (AvgIpc) is 2.46. The van der Waals surface area contributed by atoms with Gasteiger partial charge in [0.2, 0.25) is 0 Å². The summed E-state index contributed by atoms with van der Waals surface area (Å²) >= 11 is 0. The molecule has 2 N–H and O–H groups in total. The van der Waals surface area contributed by atoms with Crippen LogP contribution in [0.5, 0.6) is 0 Å². The van der Waals surface area contributed by atoms with Crippen LogP contribution in [0.4, 0.5) is 14.5 Å². The number of benzene rings is 1. The second kappa shape index (κ2) is 7.08. The number of nitro groups is 1. The Bertz CT molecular complexity index is 585. The third-order valence-electron chi connectivity index (χ3n) is 2.37. The van der Waals surface area contributed by atoms with E-state index in [1.54, 1.807) is 0 Å². The molecule has 0 aromatic heterocycles. The van der Waals surface area contributed by atoms with Crippen molar-refractivity contribution in [3.8, 4) is 0 Å². The molecule has 1 aromatic rings. The minimum Gasteiger partial charge on any atom is -0.465 e. The highest BCUT2D eigenvalue weighted by atomic mass is 19.3. The Morgan fingerprint density at radius 2 is 2.00 bits per heavy atom. The number of rotatable bonds is 6. The predicted molar refractivity (Wildman–Crippen MR) is 70.2 cm³/mol. The number of hydrogen-bond acceptors (Lipinski definition) is 6. The lowest BCUT2D eigenvalue weighted by atomic mass is 10.2. The number of nitrogens with one attached hydrogen (secondary N) is 2. The number of halogens is 2. The minimum atomic E-state index is -3.25. The zero-order valence-electron chi connectivity index (χ0n) is 10.8. The lowest BCUT2D eigenvalue weighted by Crippen LogP contribution is -2.19. The maximum Gasteiger partial charge on any atom is 0.337 e. The number of hydrogen-bond donors (Lipinski definition) is 2. The van der Waals surface area contributed by atoms with Crippen molar-refractivity contribution in [1.29, 1.82) is 5.41 Å². The molecular formula is C12H11F2N3O4. The van der Waals surface area contributed by atoms with Crippen molar-refractivity contribution in [2.75, 3.05) is 12.4 Å². The van der Waals surface area contributed by atoms with E-state index in [1.807, 2.05) is 0 Å². The molecule has 0 bridgehead atoms. The van der Waals surface area contributed by atoms with Crippen molar-refractivity contribution in [2.45, 2.75) is 6.43 Å². The van der Waals surface area contributed by atoms with Crippen LogP contribution < -0.4 is 5.32 Å². The fourth-order valence-corrected chi connectivity index (χ4v) is 1.31. The fraction of sp³-hybridized carbons (Fsp3) is 0.167. The van der Waals surface area contributed by atoms with Gasteiger partial charge in [-0.1, -0.05) is 0 Å². The van der Waals surface area contributed by atoms with Gasteiger partial charge in [0.05, 0.1) is 23.8 Å². The standard InChI is InChI=1S/C12H11F2N3O4/c1-21-12(18)7-2-4-8(5-3-7)16-6-9(17(19)20)10(15)11(13)14/h2-6,11,15-16H,1H3/b9-6+,15-10?. The van der Waals surface area contributed by atoms with Crippen LogP contribution in [0.15, 0.2) is 36.2 Å². The molecule has 112 valence electrons. The first kappa shape index (κ1) is 16.2. The average molecular weight is 299 g/mol. The molecule has 0 aliphatic rings. The van der Waals surface area contributed by atoms with Gasteiger partial charge in [0, 0.05) is 5.69 Å². The van der Waals surface area contributed by atoms with Gasteiger partial charge in [-0.3, -0.25) is 15.5 Å². The van der Waals surface area contributed by atoms with E-state index in [-0.39, 0.29) is 5.56 Å². The quantitative estimate of drug-likeness (QED) is 0.363. The fourth-order valence-electron chi connectivity index (χ4n) is 1.31. The summed E-state index contributed by atoms with van der Waals surface area (Å²) in [7, 11) is 1.22. The molecule has 0 spiro atoms. The third kappa shape index (κ3) is 4.34. The van der Waals surface area contributed by atoms with Crippen LogP contribution in [0.2, 0.25) is 0 Å². The van der Waals surface area contributed by atoms with E-state index in [0.29, 0.717) is 11.9 Å². The highest BCUT2D eigenvalue weighted by Crippen LogP contribution is 2.12. The number of anilines is 1. The van der Waals surface area contributed by atoms with Crippen LogP contribution in [0.25, 0.3) is 0 Å². The lowest BCUT2D eigenvalue weighted by molar-refractivity contribution is -0.415. The molecular weight excluding hydrogens is 288 g/mol. The number of methoxy groups -OCH3 is 1. The lowest BCUT2D eigenvalue weighted by Gasteiger charge is -2.04. The van der Waals surface area contributed by atoms with Gasteiger partial charge in [-0.25, -0.2) is 13.6 Å². The van der Waals surface area contributed by atoms with E-state index in [2.05, 4.69) is 10.1 Å². The first-order chi connectivity index (χ1) is 9.86. The van der Waals surface area contributed by atoms with Crippen LogP contribution in [-0.2, 0) is 4.74 Å². The highest BCUT2D eigenvalue weighted by Gasteiger charge is 2.25. The van der Waals surface area contributed by atoms with Crippen LogP contribution in [0.3, 0.4) is 0 Å². The van der Waals surface area contributed by atoms with Crippen molar-refractivity contribution < 1.29 is 23.2 Å². The molecule has 0 unspecified atom stereocenters. The summed E-state index contributed by atoms with van der Waals surface area (Å²) in [5.74, 6) is -0.553. The Morgan fingerprint density at radius 3 is 2.43 bits per heavy atom. The largest absolute Gasteiger partial charge is 0.465 e. The zero-order valence-corrected chi connectivity index (χ0v) is 10.8. The molecule has 0 fully saturated rings. The monoisotopic (exact) mass is 299 g/mol. The summed E-state index contributed by atoms with van der Waals surface area (Å²) < 4.78 is 29.1. The highest BCUT2D eigenvalue weighted by molar-refractivity contribution is 5.98. The Hall–Kier alpha value is -2.84. The summed E-state index contributed by atoms with van der Waals surface area (Å²) in [4.78, 5) is 20.7. The molecule has 0 radical (unpaired) electrons. The summed E-state index contributed by atoms with van der Waals surface area (Å²) in [6.45, 7) is 0. The van der Waals surface area contributed by atoms with Crippen LogP contribution in [-0.4, -0.2) is 30.1 Å². The third-order valence-corrected chi connectivity index (χ3v) is 2.37. The molecule has 0 heterocycles. The van der Waals surface area contributed by atoms with Gasteiger partial charge in [0.15, 0.2) is 5.71 Å². The number of carbonyl (C=O) groups excluding carboxylic acids is 1. The number of nitrogens with zero attached hydrogens (tertiary/aromatic N) is 1. The van der Waals surface area contributed by atoms with Gasteiger partial charge < -0.3 is 10.1 Å². The first-order valence-corrected chi connectivity index (χ1v) is 5.53. The molecule has 21 heavy (non-hydrogen) atoms. The normalized spacial score (nSPS) is 11.1. The van der Waals surface area contributed by atoms with Gasteiger partial charge >= 0.3 is 11.7 Å². The van der Waals surface area contributed by atoms with E-state index in [4.69, 9.17) is 5.41 Å². The van der Waals surface area contributed by atoms with E-state index in [0.717, 1.165) is 0 Å². The van der Waals surface area contributed by atoms with Crippen LogP contribution >= 0.6 is 0 Å². The summed E-state index contributed by atoms with van der Waals surface area (Å²) in [5.41, 5.74) is -1.84. The van der Waals surface area contributed by atoms with Crippen molar-refractivity contribution in [3.05, 3.63) is 51.8 Å². The smallest absolute Gasteiger partial charge is 0.337 e. The molecule has 9 heteroatoms. The SMILES string of the molecule is COC(=O)c1ccc(N/C=C(\C(=N)C(F)F)[N+](=O)[O-])cc1. The maximum absolute atomic E-state index is 12.3. The van der Waals surface area contributed by atoms with E-state index in [1.165, 1.54) is 31.4 Å². The van der Waals surface area contributed by atoms with Gasteiger partial charge in [0.25, 0.3) is 6.43 Å². The first-order valence-electron chi connectivity index (χ1n) is 5.53. The number of alkyl halides is 2. The summed E-state index contributed by atoms with van der Waals surface area (Å²) in [6, 6.07) is 5.61. The maximum atomic E-state index is 12.3. The second-order valence-corrected chi connectivity index (χ2v) is 3.71. The number of esters is 1. The summed E-state index contributed by atoms with van der Waals surface area (Å²) in [5, 5.41) is 20.0. The number of ether oxygens (including phenoxy) is 1. The van der Waals surface area contributed by atoms with Crippen molar-refractivity contribution in [3.63, 3.8) is 0 Å². The van der Waals surface area contributed by atoms with Crippen LogP contribution in [0.1, 0.15) is 10.4 Å². The molecule has 7 nitrogen and oxygen atoms in total. The van der Waals surface area contributed by atoms with Gasteiger partial charge in [-0.05, 0) is 24.3 Å². The molecule has 0 saturated heterocycles. The Morgan fingerprint density at radius 1 is 1.43 bits per heavy atom. The van der Waals surface area contributed by atoms with E-state index in [9.17, 15) is 23.7 Å². The van der Waals surface area contributed by atoms with Crippen molar-refractivity contribution >= 4 is 17.4 Å². The summed E-state index contributed by atoms with van der Waals surface area (Å²) in [6.07, 6.45) is -2.55. The van der Waals surface area contributed by atoms with E-state index >= 15 is 0 Å². The van der Waals surface area contributed by atoms with Gasteiger partial charge in [-0.2, -0.15) is 0 Å².